The topological polar surface area (TPSA) is 106 Å². The maximum atomic E-state index is 12.5. The van der Waals surface area contributed by atoms with E-state index in [9.17, 15) is 4.79 Å². The molecule has 0 bridgehead atoms. The highest BCUT2D eigenvalue weighted by Crippen LogP contribution is 2.38. The molecule has 2 heterocycles. The van der Waals surface area contributed by atoms with Crippen LogP contribution in [-0.4, -0.2) is 26.2 Å². The predicted molar refractivity (Wildman–Crippen MR) is 109 cm³/mol. The van der Waals surface area contributed by atoms with Crippen molar-refractivity contribution >= 4 is 38.4 Å². The third-order valence-corrected chi connectivity index (χ3v) is 5.27. The van der Waals surface area contributed by atoms with Crippen LogP contribution >= 0.6 is 15.9 Å². The number of hydrogen-bond acceptors (Lipinski definition) is 6. The number of anilines is 1. The minimum absolute atomic E-state index is 0.209. The summed E-state index contributed by atoms with van der Waals surface area (Å²) in [5.41, 5.74) is 1.92. The Bertz CT molecular complexity index is 1180. The van der Waals surface area contributed by atoms with Crippen LogP contribution in [-0.2, 0) is 6.61 Å². The summed E-state index contributed by atoms with van der Waals surface area (Å²) in [6.07, 6.45) is 2.23. The highest BCUT2D eigenvalue weighted by molar-refractivity contribution is 9.10. The van der Waals surface area contributed by atoms with E-state index in [4.69, 9.17) is 9.26 Å². The van der Waals surface area contributed by atoms with Crippen molar-refractivity contribution in [2.75, 3.05) is 5.32 Å². The number of fused-ring (bicyclic) bond motifs is 1. The number of H-pyrrole nitrogens is 1. The highest BCUT2D eigenvalue weighted by Gasteiger charge is 2.29. The van der Waals surface area contributed by atoms with Crippen LogP contribution in [0.1, 0.15) is 40.8 Å². The van der Waals surface area contributed by atoms with Gasteiger partial charge in [0.05, 0.1) is 5.52 Å². The SMILES string of the molecule is O=C(Nc1ccc(OCc2noc(C3CC3)n2)cc1)c1ccc2c(Br)[nH]nc2c1. The van der Waals surface area contributed by atoms with Crippen molar-refractivity contribution in [1.29, 1.82) is 0 Å². The molecule has 1 saturated carbocycles. The fourth-order valence-corrected chi connectivity index (χ4v) is 3.35. The third kappa shape index (κ3) is 3.86. The van der Waals surface area contributed by atoms with E-state index in [1.54, 1.807) is 36.4 Å². The first-order valence-corrected chi connectivity index (χ1v) is 9.95. The number of aromatic amines is 1. The largest absolute Gasteiger partial charge is 0.485 e. The molecule has 29 heavy (non-hydrogen) atoms. The lowest BCUT2D eigenvalue weighted by Gasteiger charge is -2.07. The summed E-state index contributed by atoms with van der Waals surface area (Å²) in [7, 11) is 0. The number of carbonyl (C=O) groups is 1. The van der Waals surface area contributed by atoms with Crippen LogP contribution in [0.3, 0.4) is 0 Å². The lowest BCUT2D eigenvalue weighted by molar-refractivity contribution is 0.102. The van der Waals surface area contributed by atoms with Gasteiger partial charge in [0.25, 0.3) is 5.91 Å². The molecule has 0 aliphatic heterocycles. The second-order valence-electron chi connectivity index (χ2n) is 6.86. The molecule has 8 nitrogen and oxygen atoms in total. The molecule has 0 spiro atoms. The number of halogens is 1. The molecule has 0 unspecified atom stereocenters. The molecule has 9 heteroatoms. The summed E-state index contributed by atoms with van der Waals surface area (Å²) in [6.45, 7) is 0.237. The van der Waals surface area contributed by atoms with E-state index in [1.807, 2.05) is 6.07 Å². The number of carbonyl (C=O) groups excluding carboxylic acids is 1. The Hall–Kier alpha value is -3.20. The Morgan fingerprint density at radius 3 is 2.86 bits per heavy atom. The normalized spacial score (nSPS) is 13.6. The van der Waals surface area contributed by atoms with Crippen molar-refractivity contribution in [3.05, 3.63) is 64.3 Å². The van der Waals surface area contributed by atoms with Crippen LogP contribution in [0.15, 0.2) is 51.6 Å². The zero-order valence-electron chi connectivity index (χ0n) is 15.2. The first-order valence-electron chi connectivity index (χ1n) is 9.16. The van der Waals surface area contributed by atoms with E-state index in [0.717, 1.165) is 28.3 Å². The molecule has 1 amide bonds. The molecule has 0 radical (unpaired) electrons. The van der Waals surface area contributed by atoms with Crippen LogP contribution < -0.4 is 10.1 Å². The summed E-state index contributed by atoms with van der Waals surface area (Å²) in [6, 6.07) is 12.5. The Balaban J connectivity index is 1.20. The lowest BCUT2D eigenvalue weighted by atomic mass is 10.1. The highest BCUT2D eigenvalue weighted by atomic mass is 79.9. The number of nitrogens with zero attached hydrogens (tertiary/aromatic N) is 3. The molecule has 0 atom stereocenters. The average Bonchev–Trinajstić information content (AvgIpc) is 3.37. The van der Waals surface area contributed by atoms with Gasteiger partial charge in [-0.1, -0.05) is 5.16 Å². The van der Waals surface area contributed by atoms with E-state index in [2.05, 4.69) is 41.6 Å². The van der Waals surface area contributed by atoms with Crippen LogP contribution in [0, 0.1) is 0 Å². The number of hydrogen-bond donors (Lipinski definition) is 2. The van der Waals surface area contributed by atoms with Gasteiger partial charge in [-0.25, -0.2) is 0 Å². The number of rotatable bonds is 6. The molecular weight excluding hydrogens is 438 g/mol. The van der Waals surface area contributed by atoms with Crippen molar-refractivity contribution in [3.8, 4) is 5.75 Å². The zero-order chi connectivity index (χ0) is 19.8. The molecule has 1 aliphatic rings. The van der Waals surface area contributed by atoms with Gasteiger partial charge in [0.15, 0.2) is 6.61 Å². The maximum Gasteiger partial charge on any atom is 0.255 e. The van der Waals surface area contributed by atoms with Gasteiger partial charge in [0.1, 0.15) is 10.4 Å². The van der Waals surface area contributed by atoms with Crippen LogP contribution in [0.4, 0.5) is 5.69 Å². The maximum absolute atomic E-state index is 12.5. The average molecular weight is 454 g/mol. The van der Waals surface area contributed by atoms with Crippen molar-refractivity contribution in [3.63, 3.8) is 0 Å². The summed E-state index contributed by atoms with van der Waals surface area (Å²) >= 11 is 3.38. The fourth-order valence-electron chi connectivity index (χ4n) is 2.93. The Morgan fingerprint density at radius 1 is 1.24 bits per heavy atom. The number of amides is 1. The smallest absolute Gasteiger partial charge is 0.255 e. The molecule has 146 valence electrons. The number of aromatic nitrogens is 4. The van der Waals surface area contributed by atoms with E-state index in [1.165, 1.54) is 0 Å². The Labute approximate surface area is 173 Å². The minimum atomic E-state index is -0.209. The molecule has 2 aromatic carbocycles. The van der Waals surface area contributed by atoms with Gasteiger partial charge >= 0.3 is 0 Å². The standard InChI is InChI=1S/C20H16BrN5O3/c21-18-15-8-3-12(9-16(15)24-25-18)19(27)22-13-4-6-14(7-5-13)28-10-17-23-20(29-26-17)11-1-2-11/h3-9,11H,1-2,10H2,(H,22,27)(H,24,25). The van der Waals surface area contributed by atoms with Gasteiger partial charge in [0.2, 0.25) is 11.7 Å². The molecule has 2 N–H and O–H groups in total. The molecule has 2 aromatic heterocycles. The summed E-state index contributed by atoms with van der Waals surface area (Å²) in [4.78, 5) is 16.8. The molecular formula is C20H16BrN5O3. The molecule has 1 aliphatic carbocycles. The van der Waals surface area contributed by atoms with E-state index in [0.29, 0.717) is 34.6 Å². The van der Waals surface area contributed by atoms with Gasteiger partial charge < -0.3 is 14.6 Å². The van der Waals surface area contributed by atoms with Gasteiger partial charge in [-0.2, -0.15) is 10.1 Å². The number of benzene rings is 2. The van der Waals surface area contributed by atoms with Crippen molar-refractivity contribution < 1.29 is 14.1 Å². The first kappa shape index (κ1) is 17.9. The zero-order valence-corrected chi connectivity index (χ0v) is 16.8. The second kappa shape index (κ2) is 7.32. The molecule has 1 fully saturated rings. The van der Waals surface area contributed by atoms with Crippen molar-refractivity contribution in [1.82, 2.24) is 20.3 Å². The second-order valence-corrected chi connectivity index (χ2v) is 7.65. The summed E-state index contributed by atoms with van der Waals surface area (Å²) in [5, 5.41) is 14.7. The van der Waals surface area contributed by atoms with E-state index >= 15 is 0 Å². The minimum Gasteiger partial charge on any atom is -0.485 e. The van der Waals surface area contributed by atoms with Crippen LogP contribution in [0.5, 0.6) is 5.75 Å². The van der Waals surface area contributed by atoms with Gasteiger partial charge in [-0.05, 0) is 71.2 Å². The first-order chi connectivity index (χ1) is 14.2. The van der Waals surface area contributed by atoms with Gasteiger partial charge in [-0.3, -0.25) is 9.89 Å². The summed E-state index contributed by atoms with van der Waals surface area (Å²) in [5.74, 6) is 2.10. The van der Waals surface area contributed by atoms with Crippen molar-refractivity contribution in [2.24, 2.45) is 0 Å². The quantitative estimate of drug-likeness (QED) is 0.447. The number of ether oxygens (including phenoxy) is 1. The van der Waals surface area contributed by atoms with E-state index in [-0.39, 0.29) is 12.5 Å². The third-order valence-electron chi connectivity index (χ3n) is 4.66. The predicted octanol–water partition coefficient (Wildman–Crippen LogP) is 4.42. The van der Waals surface area contributed by atoms with Crippen molar-refractivity contribution in [2.45, 2.75) is 25.4 Å². The van der Waals surface area contributed by atoms with Crippen LogP contribution in [0.2, 0.25) is 0 Å². The Kier molecular flexibility index (Phi) is 4.51. The fraction of sp³-hybridized carbons (Fsp3) is 0.200. The number of nitrogens with one attached hydrogen (secondary N) is 2. The molecule has 0 saturated heterocycles. The monoisotopic (exact) mass is 453 g/mol. The Morgan fingerprint density at radius 2 is 2.07 bits per heavy atom. The van der Waals surface area contributed by atoms with Gasteiger partial charge in [0, 0.05) is 22.6 Å². The van der Waals surface area contributed by atoms with E-state index < -0.39 is 0 Å². The molecule has 5 rings (SSSR count). The van der Waals surface area contributed by atoms with Gasteiger partial charge in [-0.15, -0.1) is 0 Å². The lowest BCUT2D eigenvalue weighted by Crippen LogP contribution is -2.11. The summed E-state index contributed by atoms with van der Waals surface area (Å²) < 4.78 is 11.7. The molecule has 4 aromatic rings. The van der Waals surface area contributed by atoms with Crippen LogP contribution in [0.25, 0.3) is 10.9 Å².